The van der Waals surface area contributed by atoms with Gasteiger partial charge in [-0.25, -0.2) is 0 Å². The number of likely N-dealkylation sites (N-methyl/N-ethyl adjacent to an activating group) is 1. The molecule has 0 radical (unpaired) electrons. The first-order chi connectivity index (χ1) is 9.75. The van der Waals surface area contributed by atoms with Gasteiger partial charge in [0.15, 0.2) is 0 Å². The van der Waals surface area contributed by atoms with Crippen LogP contribution in [0.4, 0.5) is 0 Å². The molecule has 2 aromatic carbocycles. The summed E-state index contributed by atoms with van der Waals surface area (Å²) in [6, 6.07) is 14.6. The third-order valence-corrected chi connectivity index (χ3v) is 4.16. The predicted molar refractivity (Wildman–Crippen MR) is 81.4 cm³/mol. The fraction of sp³-hybridized carbons (Fsp3) is 0.353. The highest BCUT2D eigenvalue weighted by Gasteiger charge is 2.27. The van der Waals surface area contributed by atoms with Crippen LogP contribution >= 0.6 is 0 Å². The average molecular weight is 268 g/mol. The van der Waals surface area contributed by atoms with Gasteiger partial charge in [0.2, 0.25) is 5.91 Å². The first-order valence-corrected chi connectivity index (χ1v) is 7.20. The first kappa shape index (κ1) is 13.1. The molecule has 1 aliphatic heterocycles. The molecule has 0 bridgehead atoms. The first-order valence-electron chi connectivity index (χ1n) is 7.20. The van der Waals surface area contributed by atoms with Crippen molar-refractivity contribution in [2.45, 2.75) is 25.4 Å². The highest BCUT2D eigenvalue weighted by Crippen LogP contribution is 2.19. The minimum atomic E-state index is 0.0463. The van der Waals surface area contributed by atoms with Crippen molar-refractivity contribution in [3.63, 3.8) is 0 Å². The van der Waals surface area contributed by atoms with Gasteiger partial charge in [0.25, 0.3) is 0 Å². The van der Waals surface area contributed by atoms with Crippen molar-refractivity contribution in [1.29, 1.82) is 0 Å². The van der Waals surface area contributed by atoms with Crippen LogP contribution < -0.4 is 5.32 Å². The number of rotatable bonds is 3. The highest BCUT2D eigenvalue weighted by molar-refractivity contribution is 5.87. The van der Waals surface area contributed by atoms with Gasteiger partial charge in [-0.05, 0) is 42.8 Å². The van der Waals surface area contributed by atoms with Gasteiger partial charge in [0.1, 0.15) is 0 Å². The van der Waals surface area contributed by atoms with Crippen LogP contribution in [0, 0.1) is 0 Å². The van der Waals surface area contributed by atoms with Crippen LogP contribution in [0.25, 0.3) is 10.8 Å². The maximum Gasteiger partial charge on any atom is 0.237 e. The summed E-state index contributed by atoms with van der Waals surface area (Å²) in [4.78, 5) is 14.3. The summed E-state index contributed by atoms with van der Waals surface area (Å²) in [6.45, 7) is 1.62. The second kappa shape index (κ2) is 5.63. The maximum atomic E-state index is 12.2. The normalized spacial score (nSPS) is 19.4. The fourth-order valence-electron chi connectivity index (χ4n) is 2.99. The molecule has 0 spiro atoms. The second-order valence-corrected chi connectivity index (χ2v) is 5.49. The fourth-order valence-corrected chi connectivity index (χ4v) is 2.99. The number of hydrogen-bond donors (Lipinski definition) is 1. The van der Waals surface area contributed by atoms with Crippen molar-refractivity contribution >= 4 is 16.7 Å². The van der Waals surface area contributed by atoms with E-state index < -0.39 is 0 Å². The molecule has 2 aromatic rings. The molecule has 0 aliphatic carbocycles. The van der Waals surface area contributed by atoms with E-state index >= 15 is 0 Å². The summed E-state index contributed by atoms with van der Waals surface area (Å²) < 4.78 is 0. The maximum absolute atomic E-state index is 12.2. The van der Waals surface area contributed by atoms with Crippen molar-refractivity contribution in [2.24, 2.45) is 0 Å². The van der Waals surface area contributed by atoms with Crippen molar-refractivity contribution < 1.29 is 4.79 Å². The molecular formula is C17H20N2O. The van der Waals surface area contributed by atoms with Gasteiger partial charge < -0.3 is 5.32 Å². The van der Waals surface area contributed by atoms with Crippen molar-refractivity contribution in [3.8, 4) is 0 Å². The summed E-state index contributed by atoms with van der Waals surface area (Å²) in [5, 5.41) is 5.52. The molecule has 1 fully saturated rings. The molecule has 1 aliphatic rings. The monoisotopic (exact) mass is 268 g/mol. The highest BCUT2D eigenvalue weighted by atomic mass is 16.2. The van der Waals surface area contributed by atoms with E-state index in [-0.39, 0.29) is 11.9 Å². The third kappa shape index (κ3) is 2.54. The lowest BCUT2D eigenvalue weighted by atomic mass is 10.0. The molecule has 3 nitrogen and oxygen atoms in total. The van der Waals surface area contributed by atoms with E-state index in [9.17, 15) is 4.79 Å². The molecule has 0 aromatic heterocycles. The number of hydrogen-bond acceptors (Lipinski definition) is 2. The Bertz CT molecular complexity index is 618. The van der Waals surface area contributed by atoms with Gasteiger partial charge in [0.05, 0.1) is 6.04 Å². The largest absolute Gasteiger partial charge is 0.351 e. The Balaban J connectivity index is 1.72. The van der Waals surface area contributed by atoms with E-state index in [1.807, 2.05) is 25.2 Å². The minimum absolute atomic E-state index is 0.0463. The van der Waals surface area contributed by atoms with Gasteiger partial charge in [-0.3, -0.25) is 9.69 Å². The molecule has 20 heavy (non-hydrogen) atoms. The van der Waals surface area contributed by atoms with Crippen LogP contribution in [0.5, 0.6) is 0 Å². The van der Waals surface area contributed by atoms with E-state index in [2.05, 4.69) is 34.5 Å². The Hall–Kier alpha value is -1.87. The zero-order valence-corrected chi connectivity index (χ0v) is 11.8. The predicted octanol–water partition coefficient (Wildman–Crippen LogP) is 2.55. The van der Waals surface area contributed by atoms with Gasteiger partial charge in [-0.15, -0.1) is 0 Å². The molecule has 1 amide bonds. The van der Waals surface area contributed by atoms with Crippen LogP contribution in [0.2, 0.25) is 0 Å². The van der Waals surface area contributed by atoms with Crippen LogP contribution in [0.1, 0.15) is 18.4 Å². The van der Waals surface area contributed by atoms with E-state index in [4.69, 9.17) is 0 Å². The SMILES string of the molecule is CN1CCCC1C(=O)NCc1cccc2ccccc12. The van der Waals surface area contributed by atoms with E-state index in [1.54, 1.807) is 0 Å². The number of carbonyl (C=O) groups excluding carboxylic acids is 1. The zero-order chi connectivity index (χ0) is 13.9. The molecular weight excluding hydrogens is 248 g/mol. The standard InChI is InChI=1S/C17H20N2O/c1-19-11-5-10-16(19)17(20)18-12-14-8-4-7-13-6-2-3-9-15(13)14/h2-4,6-9,16H,5,10-12H2,1H3,(H,18,20). The molecule has 1 saturated heterocycles. The quantitative estimate of drug-likeness (QED) is 0.928. The number of nitrogens with zero attached hydrogens (tertiary/aromatic N) is 1. The summed E-state index contributed by atoms with van der Waals surface area (Å²) in [5.74, 6) is 0.151. The molecule has 1 N–H and O–H groups in total. The number of nitrogens with one attached hydrogen (secondary N) is 1. The lowest BCUT2D eigenvalue weighted by Crippen LogP contribution is -2.41. The van der Waals surface area contributed by atoms with E-state index in [0.29, 0.717) is 6.54 Å². The topological polar surface area (TPSA) is 32.3 Å². The van der Waals surface area contributed by atoms with Crippen LogP contribution in [0.15, 0.2) is 42.5 Å². The summed E-state index contributed by atoms with van der Waals surface area (Å²) in [7, 11) is 2.02. The Kier molecular flexibility index (Phi) is 3.70. The van der Waals surface area contributed by atoms with Crippen molar-refractivity contribution in [1.82, 2.24) is 10.2 Å². The molecule has 0 saturated carbocycles. The van der Waals surface area contributed by atoms with Gasteiger partial charge in [-0.1, -0.05) is 42.5 Å². The smallest absolute Gasteiger partial charge is 0.237 e. The molecule has 1 atom stereocenters. The second-order valence-electron chi connectivity index (χ2n) is 5.49. The Morgan fingerprint density at radius 2 is 2.05 bits per heavy atom. The van der Waals surface area contributed by atoms with Gasteiger partial charge >= 0.3 is 0 Å². The molecule has 3 heteroatoms. The summed E-state index contributed by atoms with van der Waals surface area (Å²) in [6.07, 6.45) is 2.08. The molecule has 3 rings (SSSR count). The molecule has 1 heterocycles. The summed E-state index contributed by atoms with van der Waals surface area (Å²) >= 11 is 0. The third-order valence-electron chi connectivity index (χ3n) is 4.16. The number of carbonyl (C=O) groups is 1. The van der Waals surface area contributed by atoms with E-state index in [1.165, 1.54) is 16.3 Å². The van der Waals surface area contributed by atoms with Crippen molar-refractivity contribution in [2.75, 3.05) is 13.6 Å². The minimum Gasteiger partial charge on any atom is -0.351 e. The Labute approximate surface area is 119 Å². The van der Waals surface area contributed by atoms with E-state index in [0.717, 1.165) is 19.4 Å². The lowest BCUT2D eigenvalue weighted by Gasteiger charge is -2.19. The average Bonchev–Trinajstić information content (AvgIpc) is 2.91. The van der Waals surface area contributed by atoms with Crippen LogP contribution in [-0.2, 0) is 11.3 Å². The van der Waals surface area contributed by atoms with Gasteiger partial charge in [0, 0.05) is 6.54 Å². The van der Waals surface area contributed by atoms with Gasteiger partial charge in [-0.2, -0.15) is 0 Å². The number of amides is 1. The summed E-state index contributed by atoms with van der Waals surface area (Å²) in [5.41, 5.74) is 1.18. The van der Waals surface area contributed by atoms with Crippen LogP contribution in [0.3, 0.4) is 0 Å². The Morgan fingerprint density at radius 3 is 2.85 bits per heavy atom. The number of likely N-dealkylation sites (tertiary alicyclic amines) is 1. The van der Waals surface area contributed by atoms with Crippen LogP contribution in [-0.4, -0.2) is 30.4 Å². The van der Waals surface area contributed by atoms with Crippen molar-refractivity contribution in [3.05, 3.63) is 48.0 Å². The number of benzene rings is 2. The zero-order valence-electron chi connectivity index (χ0n) is 11.8. The molecule has 1 unspecified atom stereocenters. The molecule has 104 valence electrons. The number of fused-ring (bicyclic) bond motifs is 1. The lowest BCUT2D eigenvalue weighted by molar-refractivity contribution is -0.125. The Morgan fingerprint density at radius 1 is 1.25 bits per heavy atom.